The molecule has 4 heteroatoms. The van der Waals surface area contributed by atoms with Crippen molar-refractivity contribution >= 4 is 23.2 Å². The molecular formula is C15H18Cl2O2. The third-order valence-electron chi connectivity index (χ3n) is 4.46. The van der Waals surface area contributed by atoms with Crippen molar-refractivity contribution in [2.75, 3.05) is 13.2 Å². The largest absolute Gasteiger partial charge is 0.396 e. The zero-order chi connectivity index (χ0) is 13.5. The highest BCUT2D eigenvalue weighted by atomic mass is 35.5. The Morgan fingerprint density at radius 2 is 1.95 bits per heavy atom. The molecule has 3 rings (SSSR count). The van der Waals surface area contributed by atoms with Gasteiger partial charge in [-0.25, -0.2) is 0 Å². The molecule has 0 amide bonds. The molecule has 2 nitrogen and oxygen atoms in total. The van der Waals surface area contributed by atoms with Gasteiger partial charge in [-0.2, -0.15) is 0 Å². The molecule has 1 aliphatic carbocycles. The summed E-state index contributed by atoms with van der Waals surface area (Å²) >= 11 is 12.5. The van der Waals surface area contributed by atoms with Gasteiger partial charge in [-0.3, -0.25) is 0 Å². The van der Waals surface area contributed by atoms with E-state index >= 15 is 0 Å². The normalized spacial score (nSPS) is 30.8. The molecule has 1 heterocycles. The maximum absolute atomic E-state index is 9.94. The van der Waals surface area contributed by atoms with E-state index in [0.29, 0.717) is 22.4 Å². The van der Waals surface area contributed by atoms with Crippen molar-refractivity contribution < 1.29 is 9.84 Å². The van der Waals surface area contributed by atoms with Crippen molar-refractivity contribution in [3.05, 3.63) is 33.8 Å². The van der Waals surface area contributed by atoms with Gasteiger partial charge in [0.25, 0.3) is 0 Å². The first kappa shape index (κ1) is 13.7. The summed E-state index contributed by atoms with van der Waals surface area (Å²) < 4.78 is 5.89. The van der Waals surface area contributed by atoms with Crippen LogP contribution >= 0.6 is 23.2 Å². The fourth-order valence-electron chi connectivity index (χ4n) is 3.21. The summed E-state index contributed by atoms with van der Waals surface area (Å²) in [5.41, 5.74) is 0.728. The number of ether oxygens (including phenoxy) is 1. The molecule has 1 saturated carbocycles. The Bertz CT molecular complexity index is 453. The number of halogens is 2. The minimum absolute atomic E-state index is 0.135. The third-order valence-corrected chi connectivity index (χ3v) is 5.16. The van der Waals surface area contributed by atoms with Gasteiger partial charge in [-0.05, 0) is 49.3 Å². The predicted octanol–water partition coefficient (Wildman–Crippen LogP) is 3.71. The van der Waals surface area contributed by atoms with Crippen LogP contribution in [-0.2, 0) is 11.2 Å². The summed E-state index contributed by atoms with van der Waals surface area (Å²) in [6.45, 7) is 0.861. The van der Waals surface area contributed by atoms with Crippen molar-refractivity contribution in [1.82, 2.24) is 0 Å². The van der Waals surface area contributed by atoms with Gasteiger partial charge < -0.3 is 9.84 Å². The van der Waals surface area contributed by atoms with E-state index in [4.69, 9.17) is 27.9 Å². The maximum Gasteiger partial charge on any atom is 0.0685 e. The van der Waals surface area contributed by atoms with Crippen LogP contribution in [0.25, 0.3) is 0 Å². The van der Waals surface area contributed by atoms with Crippen LogP contribution in [0.4, 0.5) is 0 Å². The Hall–Kier alpha value is -0.280. The lowest BCUT2D eigenvalue weighted by atomic mass is 9.75. The summed E-state index contributed by atoms with van der Waals surface area (Å²) in [5.74, 6) is 0.607. The lowest BCUT2D eigenvalue weighted by molar-refractivity contribution is 0.000611. The lowest BCUT2D eigenvalue weighted by Gasteiger charge is -2.33. The standard InChI is InChI=1S/C15H18Cl2O2/c16-12-2-1-3-13(17)11(12)8-15(9-18)6-7-19-14(15)10-4-5-10/h1-3,10,14,18H,4-9H2. The molecule has 0 bridgehead atoms. The van der Waals surface area contributed by atoms with E-state index < -0.39 is 0 Å². The Labute approximate surface area is 123 Å². The summed E-state index contributed by atoms with van der Waals surface area (Å²) in [7, 11) is 0. The molecule has 0 spiro atoms. The highest BCUT2D eigenvalue weighted by molar-refractivity contribution is 6.36. The third kappa shape index (κ3) is 2.52. The zero-order valence-electron chi connectivity index (χ0n) is 10.7. The SMILES string of the molecule is OCC1(Cc2c(Cl)cccc2Cl)CCOC1C1CC1. The number of hydrogen-bond acceptors (Lipinski definition) is 2. The quantitative estimate of drug-likeness (QED) is 0.918. The topological polar surface area (TPSA) is 29.5 Å². The molecule has 2 unspecified atom stereocenters. The molecule has 1 aromatic rings. The second kappa shape index (κ2) is 5.25. The average molecular weight is 301 g/mol. The first-order valence-corrected chi connectivity index (χ1v) is 7.57. The van der Waals surface area contributed by atoms with E-state index in [-0.39, 0.29) is 18.1 Å². The fourth-order valence-corrected chi connectivity index (χ4v) is 3.74. The van der Waals surface area contributed by atoms with Crippen molar-refractivity contribution in [2.24, 2.45) is 11.3 Å². The van der Waals surface area contributed by atoms with E-state index in [1.54, 1.807) is 0 Å². The highest BCUT2D eigenvalue weighted by Crippen LogP contribution is 2.50. The molecule has 1 aromatic carbocycles. The fraction of sp³-hybridized carbons (Fsp3) is 0.600. The van der Waals surface area contributed by atoms with Gasteiger partial charge >= 0.3 is 0 Å². The number of benzene rings is 1. The summed E-state index contributed by atoms with van der Waals surface area (Å²) in [4.78, 5) is 0. The number of rotatable bonds is 4. The van der Waals surface area contributed by atoms with Gasteiger partial charge in [0.05, 0.1) is 12.7 Å². The number of aliphatic hydroxyl groups excluding tert-OH is 1. The smallest absolute Gasteiger partial charge is 0.0685 e. The summed E-state index contributed by atoms with van der Waals surface area (Å²) in [6, 6.07) is 5.56. The number of hydrogen-bond donors (Lipinski definition) is 1. The van der Waals surface area contributed by atoms with Crippen LogP contribution in [0.5, 0.6) is 0 Å². The van der Waals surface area contributed by atoms with Crippen LogP contribution < -0.4 is 0 Å². The highest BCUT2D eigenvalue weighted by Gasteiger charge is 2.50. The summed E-state index contributed by atoms with van der Waals surface area (Å²) in [6.07, 6.45) is 4.16. The van der Waals surface area contributed by atoms with Crippen LogP contribution in [-0.4, -0.2) is 24.4 Å². The molecule has 0 aromatic heterocycles. The maximum atomic E-state index is 9.94. The van der Waals surface area contributed by atoms with Gasteiger partial charge in [0.15, 0.2) is 0 Å². The second-order valence-electron chi connectivity index (χ2n) is 5.78. The van der Waals surface area contributed by atoms with Gasteiger partial charge in [-0.15, -0.1) is 0 Å². The van der Waals surface area contributed by atoms with Crippen molar-refractivity contribution in [3.63, 3.8) is 0 Å². The Kier molecular flexibility index (Phi) is 3.78. The van der Waals surface area contributed by atoms with Crippen LogP contribution in [0.2, 0.25) is 10.0 Å². The second-order valence-corrected chi connectivity index (χ2v) is 6.59. The molecule has 104 valence electrons. The van der Waals surface area contributed by atoms with Crippen LogP contribution in [0, 0.1) is 11.3 Å². The molecule has 1 N–H and O–H groups in total. The molecule has 0 radical (unpaired) electrons. The van der Waals surface area contributed by atoms with E-state index in [9.17, 15) is 5.11 Å². The minimum Gasteiger partial charge on any atom is -0.396 e. The first-order valence-electron chi connectivity index (χ1n) is 6.82. The van der Waals surface area contributed by atoms with Crippen molar-refractivity contribution in [3.8, 4) is 0 Å². The molecule has 1 saturated heterocycles. The van der Waals surface area contributed by atoms with Crippen LogP contribution in [0.3, 0.4) is 0 Å². The molecule has 2 aliphatic rings. The van der Waals surface area contributed by atoms with Gasteiger partial charge in [-0.1, -0.05) is 29.3 Å². The van der Waals surface area contributed by atoms with Crippen LogP contribution in [0.1, 0.15) is 24.8 Å². The molecular weight excluding hydrogens is 283 g/mol. The van der Waals surface area contributed by atoms with E-state index in [2.05, 4.69) is 0 Å². The average Bonchev–Trinajstić information content (AvgIpc) is 3.15. The van der Waals surface area contributed by atoms with Crippen LogP contribution in [0.15, 0.2) is 18.2 Å². The van der Waals surface area contributed by atoms with Gasteiger partial charge in [0.2, 0.25) is 0 Å². The molecule has 2 fully saturated rings. The molecule has 19 heavy (non-hydrogen) atoms. The summed E-state index contributed by atoms with van der Waals surface area (Å²) in [5, 5.41) is 11.3. The molecule has 1 aliphatic heterocycles. The van der Waals surface area contributed by atoms with E-state index in [1.807, 2.05) is 18.2 Å². The van der Waals surface area contributed by atoms with Gasteiger partial charge in [0, 0.05) is 22.1 Å². The predicted molar refractivity (Wildman–Crippen MR) is 76.8 cm³/mol. The first-order chi connectivity index (χ1) is 9.16. The Balaban J connectivity index is 1.90. The Morgan fingerprint density at radius 1 is 1.26 bits per heavy atom. The van der Waals surface area contributed by atoms with Crippen molar-refractivity contribution in [2.45, 2.75) is 31.8 Å². The number of aliphatic hydroxyl groups is 1. The van der Waals surface area contributed by atoms with E-state index in [1.165, 1.54) is 12.8 Å². The minimum atomic E-state index is -0.212. The van der Waals surface area contributed by atoms with Crippen molar-refractivity contribution in [1.29, 1.82) is 0 Å². The van der Waals surface area contributed by atoms with E-state index in [0.717, 1.165) is 18.6 Å². The lowest BCUT2D eigenvalue weighted by Crippen LogP contribution is -2.38. The monoisotopic (exact) mass is 300 g/mol. The zero-order valence-corrected chi connectivity index (χ0v) is 12.3. The van der Waals surface area contributed by atoms with Gasteiger partial charge in [0.1, 0.15) is 0 Å². The Morgan fingerprint density at radius 3 is 2.53 bits per heavy atom. The molecule has 2 atom stereocenters.